The summed E-state index contributed by atoms with van der Waals surface area (Å²) < 4.78 is 0. The predicted octanol–water partition coefficient (Wildman–Crippen LogP) is 4.51. The van der Waals surface area contributed by atoms with Crippen LogP contribution < -0.4 is 5.32 Å². The van der Waals surface area contributed by atoms with Gasteiger partial charge >= 0.3 is 0 Å². The van der Waals surface area contributed by atoms with Gasteiger partial charge < -0.3 is 10.2 Å². The van der Waals surface area contributed by atoms with Crippen molar-refractivity contribution in [2.75, 3.05) is 18.9 Å². The molecule has 2 rings (SSSR count). The maximum Gasteiger partial charge on any atom is 0.257 e. The number of carbonyl (C=O) groups is 2. The summed E-state index contributed by atoms with van der Waals surface area (Å²) in [6.45, 7) is 2.73. The molecular formula is C18H19Cl2N3O2. The summed E-state index contributed by atoms with van der Waals surface area (Å²) in [5, 5.41) is 3.46. The largest absolute Gasteiger partial charge is 0.342 e. The smallest absolute Gasteiger partial charge is 0.257 e. The van der Waals surface area contributed by atoms with Crippen LogP contribution >= 0.6 is 23.2 Å². The van der Waals surface area contributed by atoms with Crippen molar-refractivity contribution in [3.8, 4) is 0 Å². The topological polar surface area (TPSA) is 62.3 Å². The first-order valence-electron chi connectivity index (χ1n) is 7.89. The highest BCUT2D eigenvalue weighted by Gasteiger charge is 2.15. The molecular weight excluding hydrogens is 361 g/mol. The number of aromatic nitrogens is 1. The number of pyridine rings is 1. The average molecular weight is 380 g/mol. The molecule has 0 saturated heterocycles. The van der Waals surface area contributed by atoms with E-state index in [0.29, 0.717) is 33.4 Å². The maximum atomic E-state index is 12.4. The first kappa shape index (κ1) is 19.2. The number of benzene rings is 1. The number of carbonyl (C=O) groups excluding carboxylic acids is 2. The average Bonchev–Trinajstić information content (AvgIpc) is 2.62. The molecule has 0 spiro atoms. The lowest BCUT2D eigenvalue weighted by Gasteiger charge is -2.16. The molecule has 1 aromatic carbocycles. The molecule has 0 aliphatic heterocycles. The van der Waals surface area contributed by atoms with Crippen LogP contribution in [0.2, 0.25) is 10.0 Å². The Labute approximate surface area is 157 Å². The summed E-state index contributed by atoms with van der Waals surface area (Å²) in [7, 11) is 1.74. The van der Waals surface area contributed by atoms with Gasteiger partial charge in [0.1, 0.15) is 0 Å². The summed E-state index contributed by atoms with van der Waals surface area (Å²) in [6, 6.07) is 6.33. The van der Waals surface area contributed by atoms with E-state index in [1.54, 1.807) is 30.1 Å². The quantitative estimate of drug-likeness (QED) is 0.802. The van der Waals surface area contributed by atoms with Crippen LogP contribution in [-0.4, -0.2) is 35.3 Å². The SMILES string of the molecule is CCCCN(C)C(=O)c1cncc(C(=O)Nc2ccc(Cl)c(Cl)c2)c1. The molecule has 0 aliphatic carbocycles. The fraction of sp³-hybridized carbons (Fsp3) is 0.278. The second-order valence-corrected chi connectivity index (χ2v) is 6.44. The van der Waals surface area contributed by atoms with Gasteiger partial charge in [-0.15, -0.1) is 0 Å². The predicted molar refractivity (Wildman–Crippen MR) is 101 cm³/mol. The highest BCUT2D eigenvalue weighted by Crippen LogP contribution is 2.25. The van der Waals surface area contributed by atoms with Crippen LogP contribution in [0.4, 0.5) is 5.69 Å². The number of rotatable bonds is 6. The number of hydrogen-bond donors (Lipinski definition) is 1. The van der Waals surface area contributed by atoms with Crippen molar-refractivity contribution in [3.05, 3.63) is 57.8 Å². The molecule has 2 aromatic rings. The summed E-state index contributed by atoms with van der Waals surface area (Å²) in [4.78, 5) is 30.4. The molecule has 0 unspecified atom stereocenters. The van der Waals surface area contributed by atoms with E-state index in [4.69, 9.17) is 23.2 Å². The van der Waals surface area contributed by atoms with Crippen LogP contribution in [0.15, 0.2) is 36.7 Å². The number of hydrogen-bond acceptors (Lipinski definition) is 3. The third-order valence-electron chi connectivity index (χ3n) is 3.62. The number of unbranched alkanes of at least 4 members (excludes halogenated alkanes) is 1. The molecule has 7 heteroatoms. The van der Waals surface area contributed by atoms with E-state index in [9.17, 15) is 9.59 Å². The Morgan fingerprint density at radius 3 is 2.52 bits per heavy atom. The third-order valence-corrected chi connectivity index (χ3v) is 4.36. The Bertz CT molecular complexity index is 781. The number of anilines is 1. The minimum Gasteiger partial charge on any atom is -0.342 e. The molecule has 0 saturated carbocycles. The van der Waals surface area contributed by atoms with E-state index in [1.807, 2.05) is 0 Å². The van der Waals surface area contributed by atoms with Crippen LogP contribution in [-0.2, 0) is 0 Å². The maximum absolute atomic E-state index is 12.4. The van der Waals surface area contributed by atoms with Gasteiger partial charge in [-0.2, -0.15) is 0 Å². The Morgan fingerprint density at radius 2 is 1.84 bits per heavy atom. The van der Waals surface area contributed by atoms with Gasteiger partial charge in [-0.25, -0.2) is 0 Å². The molecule has 0 aliphatic rings. The Hall–Kier alpha value is -2.11. The summed E-state index contributed by atoms with van der Waals surface area (Å²) >= 11 is 11.8. The van der Waals surface area contributed by atoms with E-state index < -0.39 is 0 Å². The molecule has 132 valence electrons. The van der Waals surface area contributed by atoms with E-state index in [0.717, 1.165) is 12.8 Å². The Kier molecular flexibility index (Phi) is 6.79. The molecule has 1 N–H and O–H groups in total. The summed E-state index contributed by atoms with van der Waals surface area (Å²) in [5.74, 6) is -0.540. The van der Waals surface area contributed by atoms with Gasteiger partial charge in [0.05, 0.1) is 21.2 Å². The lowest BCUT2D eigenvalue weighted by atomic mass is 10.1. The molecule has 1 aromatic heterocycles. The molecule has 0 radical (unpaired) electrons. The normalized spacial score (nSPS) is 10.4. The summed E-state index contributed by atoms with van der Waals surface area (Å²) in [5.41, 5.74) is 1.18. The first-order chi connectivity index (χ1) is 11.9. The molecule has 0 atom stereocenters. The van der Waals surface area contributed by atoms with Gasteiger partial charge in [0.2, 0.25) is 0 Å². The van der Waals surface area contributed by atoms with E-state index in [-0.39, 0.29) is 11.8 Å². The molecule has 0 bridgehead atoms. The van der Waals surface area contributed by atoms with Crippen molar-refractivity contribution >= 4 is 40.7 Å². The standard InChI is InChI=1S/C18H19Cl2N3O2/c1-3-4-7-23(2)18(25)13-8-12(10-21-11-13)17(24)22-14-5-6-15(19)16(20)9-14/h5-6,8-11H,3-4,7H2,1-2H3,(H,22,24). The van der Waals surface area contributed by atoms with Crippen molar-refractivity contribution in [2.24, 2.45) is 0 Å². The van der Waals surface area contributed by atoms with Gasteiger partial charge in [-0.1, -0.05) is 36.5 Å². The van der Waals surface area contributed by atoms with Crippen molar-refractivity contribution < 1.29 is 9.59 Å². The van der Waals surface area contributed by atoms with Crippen molar-refractivity contribution in [1.29, 1.82) is 0 Å². The fourth-order valence-corrected chi connectivity index (χ4v) is 2.47. The lowest BCUT2D eigenvalue weighted by molar-refractivity contribution is 0.0793. The van der Waals surface area contributed by atoms with Gasteiger partial charge in [-0.05, 0) is 30.7 Å². The zero-order chi connectivity index (χ0) is 18.4. The van der Waals surface area contributed by atoms with Crippen molar-refractivity contribution in [3.63, 3.8) is 0 Å². The van der Waals surface area contributed by atoms with E-state index in [1.165, 1.54) is 18.5 Å². The minimum absolute atomic E-state index is 0.162. The fourth-order valence-electron chi connectivity index (χ4n) is 2.18. The van der Waals surface area contributed by atoms with Crippen molar-refractivity contribution in [1.82, 2.24) is 9.88 Å². The van der Waals surface area contributed by atoms with E-state index >= 15 is 0 Å². The molecule has 25 heavy (non-hydrogen) atoms. The van der Waals surface area contributed by atoms with Gasteiger partial charge in [-0.3, -0.25) is 14.6 Å². The van der Waals surface area contributed by atoms with Gasteiger partial charge in [0, 0.05) is 31.7 Å². The van der Waals surface area contributed by atoms with Crippen LogP contribution in [0.5, 0.6) is 0 Å². The first-order valence-corrected chi connectivity index (χ1v) is 8.65. The van der Waals surface area contributed by atoms with Crippen LogP contribution in [0.3, 0.4) is 0 Å². The number of nitrogens with zero attached hydrogens (tertiary/aromatic N) is 2. The van der Waals surface area contributed by atoms with Crippen LogP contribution in [0, 0.1) is 0 Å². The zero-order valence-electron chi connectivity index (χ0n) is 14.1. The third kappa shape index (κ3) is 5.18. The van der Waals surface area contributed by atoms with Gasteiger partial charge in [0.15, 0.2) is 0 Å². The number of nitrogens with one attached hydrogen (secondary N) is 1. The summed E-state index contributed by atoms with van der Waals surface area (Å²) in [6.07, 6.45) is 4.80. The molecule has 2 amide bonds. The second-order valence-electron chi connectivity index (χ2n) is 5.63. The monoisotopic (exact) mass is 379 g/mol. The number of amides is 2. The van der Waals surface area contributed by atoms with Crippen LogP contribution in [0.25, 0.3) is 0 Å². The van der Waals surface area contributed by atoms with Crippen LogP contribution in [0.1, 0.15) is 40.5 Å². The Morgan fingerprint density at radius 1 is 1.12 bits per heavy atom. The minimum atomic E-state index is -0.378. The molecule has 0 fully saturated rings. The zero-order valence-corrected chi connectivity index (χ0v) is 15.6. The lowest BCUT2D eigenvalue weighted by Crippen LogP contribution is -2.28. The molecule has 5 nitrogen and oxygen atoms in total. The highest BCUT2D eigenvalue weighted by molar-refractivity contribution is 6.42. The second kappa shape index (κ2) is 8.83. The molecule has 1 heterocycles. The Balaban J connectivity index is 2.13. The van der Waals surface area contributed by atoms with Gasteiger partial charge in [0.25, 0.3) is 11.8 Å². The van der Waals surface area contributed by atoms with E-state index in [2.05, 4.69) is 17.2 Å². The highest BCUT2D eigenvalue weighted by atomic mass is 35.5. The number of halogens is 2. The van der Waals surface area contributed by atoms with Crippen molar-refractivity contribution in [2.45, 2.75) is 19.8 Å².